The van der Waals surface area contributed by atoms with Crippen molar-refractivity contribution in [3.8, 4) is 11.1 Å². The molecule has 3 fully saturated rings. The molecule has 2 bridgehead atoms. The molecule has 2 unspecified atom stereocenters. The van der Waals surface area contributed by atoms with E-state index in [9.17, 15) is 0 Å². The summed E-state index contributed by atoms with van der Waals surface area (Å²) in [6.45, 7) is 2.18. The van der Waals surface area contributed by atoms with Crippen LogP contribution in [0, 0.1) is 0 Å². The fourth-order valence-electron chi connectivity index (χ4n) is 2.95. The maximum absolute atomic E-state index is 4.60. The fourth-order valence-corrected chi connectivity index (χ4v) is 2.95. The number of fused-ring (bicyclic) bond motifs is 2. The van der Waals surface area contributed by atoms with Crippen molar-refractivity contribution in [1.82, 2.24) is 15.3 Å². The Bertz CT molecular complexity index is 515. The molecule has 4 heteroatoms. The fraction of sp³-hybridized carbons (Fsp3) is 0.357. The van der Waals surface area contributed by atoms with E-state index in [0.29, 0.717) is 12.1 Å². The molecule has 0 aliphatic carbocycles. The zero-order valence-electron chi connectivity index (χ0n) is 10.1. The SMILES string of the molecule is c1cc(-c2ccc(N3CC4CC(C3)N4)nc2)c[nH]1. The summed E-state index contributed by atoms with van der Waals surface area (Å²) in [5.41, 5.74) is 2.36. The predicted molar refractivity (Wildman–Crippen MR) is 71.6 cm³/mol. The Hall–Kier alpha value is -1.81. The number of piperidine rings is 1. The van der Waals surface area contributed by atoms with E-state index >= 15 is 0 Å². The molecule has 2 atom stereocenters. The molecule has 5 rings (SSSR count). The lowest BCUT2D eigenvalue weighted by atomic mass is 9.91. The van der Waals surface area contributed by atoms with Crippen LogP contribution in [0.1, 0.15) is 6.42 Å². The van der Waals surface area contributed by atoms with Gasteiger partial charge in [-0.25, -0.2) is 4.98 Å². The van der Waals surface area contributed by atoms with Gasteiger partial charge in [0.1, 0.15) is 5.82 Å². The summed E-state index contributed by atoms with van der Waals surface area (Å²) in [4.78, 5) is 10.1. The summed E-state index contributed by atoms with van der Waals surface area (Å²) in [5, 5.41) is 3.54. The highest BCUT2D eigenvalue weighted by Gasteiger charge is 2.36. The first-order valence-electron chi connectivity index (χ1n) is 6.49. The second kappa shape index (κ2) is 3.85. The molecule has 0 spiro atoms. The van der Waals surface area contributed by atoms with Crippen molar-refractivity contribution in [3.63, 3.8) is 0 Å². The van der Waals surface area contributed by atoms with Crippen LogP contribution >= 0.6 is 0 Å². The minimum absolute atomic E-state index is 0.676. The lowest BCUT2D eigenvalue weighted by molar-refractivity contribution is 0.225. The number of aromatic amines is 1. The Labute approximate surface area is 106 Å². The van der Waals surface area contributed by atoms with Crippen molar-refractivity contribution >= 4 is 5.82 Å². The van der Waals surface area contributed by atoms with Gasteiger partial charge in [-0.15, -0.1) is 0 Å². The van der Waals surface area contributed by atoms with E-state index in [1.165, 1.54) is 17.5 Å². The lowest BCUT2D eigenvalue weighted by Crippen LogP contribution is -2.67. The van der Waals surface area contributed by atoms with Crippen LogP contribution in [-0.2, 0) is 0 Å². The number of nitrogens with one attached hydrogen (secondary N) is 2. The summed E-state index contributed by atoms with van der Waals surface area (Å²) < 4.78 is 0. The molecule has 0 aromatic carbocycles. The Morgan fingerprint density at radius 1 is 1.11 bits per heavy atom. The van der Waals surface area contributed by atoms with Gasteiger partial charge in [0.15, 0.2) is 0 Å². The van der Waals surface area contributed by atoms with E-state index in [-0.39, 0.29) is 0 Å². The van der Waals surface area contributed by atoms with Crippen LogP contribution in [0.2, 0.25) is 0 Å². The topological polar surface area (TPSA) is 44.0 Å². The quantitative estimate of drug-likeness (QED) is 0.838. The van der Waals surface area contributed by atoms with Crippen molar-refractivity contribution in [2.45, 2.75) is 18.5 Å². The first-order valence-corrected chi connectivity index (χ1v) is 6.49. The van der Waals surface area contributed by atoms with E-state index in [0.717, 1.165) is 18.9 Å². The van der Waals surface area contributed by atoms with E-state index < -0.39 is 0 Å². The third kappa shape index (κ3) is 1.61. The molecule has 5 heterocycles. The summed E-state index contributed by atoms with van der Waals surface area (Å²) in [6.07, 6.45) is 7.23. The van der Waals surface area contributed by atoms with Crippen molar-refractivity contribution < 1.29 is 0 Å². The molecule has 3 aliphatic rings. The van der Waals surface area contributed by atoms with Crippen molar-refractivity contribution in [1.29, 1.82) is 0 Å². The molecule has 0 radical (unpaired) electrons. The number of nitrogens with zero attached hydrogens (tertiary/aromatic N) is 2. The second-order valence-corrected chi connectivity index (χ2v) is 5.21. The zero-order valence-corrected chi connectivity index (χ0v) is 10.1. The Balaban J connectivity index is 1.56. The van der Waals surface area contributed by atoms with Crippen LogP contribution in [0.15, 0.2) is 36.8 Å². The number of hydrogen-bond donors (Lipinski definition) is 2. The Morgan fingerprint density at radius 3 is 2.56 bits per heavy atom. The number of H-pyrrole nitrogens is 1. The average molecular weight is 240 g/mol. The predicted octanol–water partition coefficient (Wildman–Crippen LogP) is 1.63. The minimum atomic E-state index is 0.676. The van der Waals surface area contributed by atoms with Gasteiger partial charge in [-0.2, -0.15) is 0 Å². The molecule has 4 nitrogen and oxygen atoms in total. The summed E-state index contributed by atoms with van der Waals surface area (Å²) in [5.74, 6) is 1.10. The number of anilines is 1. The van der Waals surface area contributed by atoms with Crippen LogP contribution < -0.4 is 10.2 Å². The van der Waals surface area contributed by atoms with Gasteiger partial charge >= 0.3 is 0 Å². The van der Waals surface area contributed by atoms with Gasteiger partial charge in [0.2, 0.25) is 0 Å². The third-order valence-electron chi connectivity index (χ3n) is 3.93. The molecule has 18 heavy (non-hydrogen) atoms. The number of hydrogen-bond acceptors (Lipinski definition) is 3. The number of piperazine rings is 1. The number of aromatic nitrogens is 2. The Kier molecular flexibility index (Phi) is 2.17. The normalized spacial score (nSPS) is 25.9. The van der Waals surface area contributed by atoms with Gasteiger partial charge in [0.05, 0.1) is 0 Å². The van der Waals surface area contributed by atoms with Gasteiger partial charge in [-0.3, -0.25) is 0 Å². The standard InChI is InChI=1S/C14H16N4/c1-2-14(18-8-12-5-13(9-18)17-12)16-7-10(1)11-3-4-15-6-11/h1-4,6-7,12-13,15,17H,5,8-9H2. The summed E-state index contributed by atoms with van der Waals surface area (Å²) in [7, 11) is 0. The van der Waals surface area contributed by atoms with Crippen molar-refractivity contribution in [2.24, 2.45) is 0 Å². The van der Waals surface area contributed by atoms with Crippen LogP contribution in [0.5, 0.6) is 0 Å². The smallest absolute Gasteiger partial charge is 0.128 e. The first kappa shape index (κ1) is 10.1. The molecular weight excluding hydrogens is 224 g/mol. The van der Waals surface area contributed by atoms with Gasteiger partial charge in [0.25, 0.3) is 0 Å². The molecule has 3 saturated heterocycles. The van der Waals surface area contributed by atoms with E-state index in [1.54, 1.807) is 0 Å². The Morgan fingerprint density at radius 2 is 1.94 bits per heavy atom. The maximum atomic E-state index is 4.60. The second-order valence-electron chi connectivity index (χ2n) is 5.21. The maximum Gasteiger partial charge on any atom is 0.128 e. The van der Waals surface area contributed by atoms with Crippen LogP contribution in [0.25, 0.3) is 11.1 Å². The van der Waals surface area contributed by atoms with E-state index in [2.05, 4.69) is 38.4 Å². The highest BCUT2D eigenvalue weighted by Crippen LogP contribution is 2.26. The molecule has 2 aromatic heterocycles. The lowest BCUT2D eigenvalue weighted by Gasteiger charge is -2.48. The summed E-state index contributed by atoms with van der Waals surface area (Å²) >= 11 is 0. The van der Waals surface area contributed by atoms with E-state index in [1.807, 2.05) is 18.6 Å². The van der Waals surface area contributed by atoms with Crippen LogP contribution in [0.3, 0.4) is 0 Å². The number of rotatable bonds is 2. The molecule has 2 N–H and O–H groups in total. The zero-order chi connectivity index (χ0) is 11.9. The van der Waals surface area contributed by atoms with Crippen LogP contribution in [0.4, 0.5) is 5.82 Å². The monoisotopic (exact) mass is 240 g/mol. The number of pyridine rings is 1. The largest absolute Gasteiger partial charge is 0.367 e. The molecule has 0 amide bonds. The highest BCUT2D eigenvalue weighted by molar-refractivity contribution is 5.63. The van der Waals surface area contributed by atoms with Gasteiger partial charge in [0, 0.05) is 54.9 Å². The highest BCUT2D eigenvalue weighted by atomic mass is 15.3. The molecule has 0 saturated carbocycles. The summed E-state index contributed by atoms with van der Waals surface area (Å²) in [6, 6.07) is 7.70. The first-order chi connectivity index (χ1) is 8.88. The average Bonchev–Trinajstić information content (AvgIpc) is 2.92. The molecular formula is C14H16N4. The molecule has 2 aromatic rings. The van der Waals surface area contributed by atoms with Gasteiger partial charge < -0.3 is 15.2 Å². The molecule has 92 valence electrons. The van der Waals surface area contributed by atoms with E-state index in [4.69, 9.17) is 0 Å². The molecule has 3 aliphatic heterocycles. The third-order valence-corrected chi connectivity index (χ3v) is 3.93. The van der Waals surface area contributed by atoms with Gasteiger partial charge in [-0.1, -0.05) is 0 Å². The van der Waals surface area contributed by atoms with Crippen molar-refractivity contribution in [3.05, 3.63) is 36.8 Å². The van der Waals surface area contributed by atoms with Gasteiger partial charge in [-0.05, 0) is 24.6 Å². The minimum Gasteiger partial charge on any atom is -0.367 e. The van der Waals surface area contributed by atoms with Crippen molar-refractivity contribution in [2.75, 3.05) is 18.0 Å². The van der Waals surface area contributed by atoms with Crippen LogP contribution in [-0.4, -0.2) is 35.1 Å².